The van der Waals surface area contributed by atoms with Crippen molar-refractivity contribution in [2.45, 2.75) is 64.5 Å². The number of carbonyl (C=O) groups excluding carboxylic acids is 2. The van der Waals surface area contributed by atoms with Gasteiger partial charge in [-0.3, -0.25) is 9.59 Å². The number of rotatable bonds is 2. The Bertz CT molecular complexity index is 641. The Labute approximate surface area is 149 Å². The fourth-order valence-corrected chi connectivity index (χ4v) is 7.03. The number of carbonyl (C=O) groups is 2. The zero-order chi connectivity index (χ0) is 18.0. The lowest BCUT2D eigenvalue weighted by atomic mass is 9.48. The molecule has 3 fully saturated rings. The van der Waals surface area contributed by atoms with Gasteiger partial charge in [0.2, 0.25) is 0 Å². The Hall–Kier alpha value is -1.03. The molecule has 0 unspecified atom stereocenters. The van der Waals surface area contributed by atoms with Gasteiger partial charge in [0.1, 0.15) is 12.3 Å². The summed E-state index contributed by atoms with van der Waals surface area (Å²) < 4.78 is 16.4. The number of alkyl halides is 1. The number of aliphatic hydroxyl groups is 1. The lowest BCUT2D eigenvalue weighted by Crippen LogP contribution is -2.57. The number of ketones is 2. The summed E-state index contributed by atoms with van der Waals surface area (Å²) in [5.74, 6) is 0.294. The maximum absolute atomic E-state index is 16.4. The highest BCUT2D eigenvalue weighted by Gasteiger charge is 2.64. The van der Waals surface area contributed by atoms with E-state index in [1.165, 1.54) is 0 Å². The van der Waals surface area contributed by atoms with Crippen molar-refractivity contribution < 1.29 is 19.1 Å². The van der Waals surface area contributed by atoms with Gasteiger partial charge >= 0.3 is 0 Å². The third-order valence-electron chi connectivity index (χ3n) is 8.27. The van der Waals surface area contributed by atoms with Crippen LogP contribution in [-0.4, -0.2) is 28.9 Å². The number of fused-ring (bicyclic) bond motifs is 5. The molecule has 0 heterocycles. The summed E-state index contributed by atoms with van der Waals surface area (Å²) in [7, 11) is 0. The SMILES string of the molecule is C[C@H]1C[C@H]2[C@@H]3CC[C@H](C(=O)CO)[C@@]3(C)CC[C@]2(F)[C@H]2CCC(=O)C=C12. The minimum atomic E-state index is -1.22. The monoisotopic (exact) mass is 348 g/mol. The highest BCUT2D eigenvalue weighted by molar-refractivity contribution is 5.91. The highest BCUT2D eigenvalue weighted by Crippen LogP contribution is 2.66. The molecule has 0 aromatic heterocycles. The molecule has 1 N–H and O–H groups in total. The van der Waals surface area contributed by atoms with Crippen LogP contribution in [0.5, 0.6) is 0 Å². The molecule has 0 aromatic rings. The van der Waals surface area contributed by atoms with E-state index in [0.29, 0.717) is 25.7 Å². The molecular weight excluding hydrogens is 319 g/mol. The Morgan fingerprint density at radius 1 is 1.28 bits per heavy atom. The fraction of sp³-hybridized carbons (Fsp3) is 0.810. The summed E-state index contributed by atoms with van der Waals surface area (Å²) in [6.45, 7) is 3.89. The smallest absolute Gasteiger partial charge is 0.161 e. The van der Waals surface area contributed by atoms with Crippen molar-refractivity contribution in [1.29, 1.82) is 0 Å². The van der Waals surface area contributed by atoms with Gasteiger partial charge < -0.3 is 5.11 Å². The van der Waals surface area contributed by atoms with Crippen molar-refractivity contribution >= 4 is 11.6 Å². The van der Waals surface area contributed by atoms with E-state index in [1.807, 2.05) is 0 Å². The number of aliphatic hydroxyl groups excluding tert-OH is 1. The lowest BCUT2D eigenvalue weighted by Gasteiger charge is -2.58. The Morgan fingerprint density at radius 2 is 2.04 bits per heavy atom. The topological polar surface area (TPSA) is 54.4 Å². The van der Waals surface area contributed by atoms with Crippen LogP contribution in [0.25, 0.3) is 0 Å². The molecule has 0 bridgehead atoms. The molecule has 4 aliphatic carbocycles. The summed E-state index contributed by atoms with van der Waals surface area (Å²) in [4.78, 5) is 24.1. The molecule has 4 heteroatoms. The Balaban J connectivity index is 1.69. The molecule has 3 saturated carbocycles. The van der Waals surface area contributed by atoms with E-state index >= 15 is 4.39 Å². The molecule has 4 aliphatic rings. The van der Waals surface area contributed by atoms with Gasteiger partial charge in [0.05, 0.1) is 0 Å². The molecular formula is C21H29FO3. The van der Waals surface area contributed by atoms with Crippen LogP contribution in [0.2, 0.25) is 0 Å². The normalized spacial score (nSPS) is 49.0. The first kappa shape index (κ1) is 17.4. The van der Waals surface area contributed by atoms with E-state index in [0.717, 1.165) is 24.8 Å². The van der Waals surface area contributed by atoms with Gasteiger partial charge in [0, 0.05) is 18.3 Å². The molecule has 0 saturated heterocycles. The van der Waals surface area contributed by atoms with E-state index in [4.69, 9.17) is 0 Å². The second-order valence-corrected chi connectivity index (χ2v) is 9.24. The summed E-state index contributed by atoms with van der Waals surface area (Å²) in [6, 6.07) is 0. The molecule has 0 radical (unpaired) electrons. The molecule has 3 nitrogen and oxygen atoms in total. The zero-order valence-corrected chi connectivity index (χ0v) is 15.3. The first-order valence-corrected chi connectivity index (χ1v) is 9.88. The van der Waals surface area contributed by atoms with Gasteiger partial charge in [0.25, 0.3) is 0 Å². The van der Waals surface area contributed by atoms with Crippen LogP contribution in [0.4, 0.5) is 4.39 Å². The van der Waals surface area contributed by atoms with Crippen LogP contribution in [0.1, 0.15) is 58.8 Å². The molecule has 7 atom stereocenters. The van der Waals surface area contributed by atoms with Crippen LogP contribution in [0.3, 0.4) is 0 Å². The third kappa shape index (κ3) is 2.32. The predicted molar refractivity (Wildman–Crippen MR) is 92.6 cm³/mol. The zero-order valence-electron chi connectivity index (χ0n) is 15.3. The largest absolute Gasteiger partial charge is 0.389 e. The molecule has 25 heavy (non-hydrogen) atoms. The second-order valence-electron chi connectivity index (χ2n) is 9.24. The number of hydrogen-bond donors (Lipinski definition) is 1. The third-order valence-corrected chi connectivity index (χ3v) is 8.27. The van der Waals surface area contributed by atoms with Gasteiger partial charge in [-0.2, -0.15) is 0 Å². The second kappa shape index (κ2) is 5.73. The standard InChI is InChI=1S/C21H29FO3/c1-12-9-18-16-5-6-17(19(25)11-23)20(16,2)7-8-21(18,22)15-4-3-13(24)10-14(12)15/h10,12,15-18,23H,3-9,11H2,1-2H3/t12-,15-,16-,17+,18-,20-,21-/m0/s1. The Kier molecular flexibility index (Phi) is 3.99. The van der Waals surface area contributed by atoms with Gasteiger partial charge in [0.15, 0.2) is 11.6 Å². The Morgan fingerprint density at radius 3 is 2.76 bits per heavy atom. The van der Waals surface area contributed by atoms with Crippen LogP contribution >= 0.6 is 0 Å². The van der Waals surface area contributed by atoms with E-state index in [-0.39, 0.29) is 46.6 Å². The van der Waals surface area contributed by atoms with E-state index in [9.17, 15) is 14.7 Å². The average molecular weight is 348 g/mol. The van der Waals surface area contributed by atoms with Crippen molar-refractivity contribution in [1.82, 2.24) is 0 Å². The van der Waals surface area contributed by atoms with Gasteiger partial charge in [-0.05, 0) is 67.8 Å². The summed E-state index contributed by atoms with van der Waals surface area (Å²) in [5, 5.41) is 9.34. The van der Waals surface area contributed by atoms with Gasteiger partial charge in [-0.25, -0.2) is 4.39 Å². The number of halogens is 1. The minimum absolute atomic E-state index is 0.0203. The summed E-state index contributed by atoms with van der Waals surface area (Å²) in [5.41, 5.74) is -0.356. The van der Waals surface area contributed by atoms with Gasteiger partial charge in [-0.1, -0.05) is 19.4 Å². The fourth-order valence-electron chi connectivity index (χ4n) is 7.03. The lowest BCUT2D eigenvalue weighted by molar-refractivity contribution is -0.141. The van der Waals surface area contributed by atoms with Crippen LogP contribution in [-0.2, 0) is 9.59 Å². The van der Waals surface area contributed by atoms with E-state index in [2.05, 4.69) is 13.8 Å². The van der Waals surface area contributed by atoms with E-state index in [1.54, 1.807) is 6.08 Å². The number of allylic oxidation sites excluding steroid dienone is 1. The molecule has 0 aliphatic heterocycles. The van der Waals surface area contributed by atoms with Crippen molar-refractivity contribution in [3.8, 4) is 0 Å². The molecule has 4 rings (SSSR count). The van der Waals surface area contributed by atoms with Gasteiger partial charge in [-0.15, -0.1) is 0 Å². The first-order valence-electron chi connectivity index (χ1n) is 9.88. The van der Waals surface area contributed by atoms with Crippen LogP contribution in [0, 0.1) is 35.0 Å². The predicted octanol–water partition coefficient (Wildman–Crippen LogP) is 3.64. The maximum atomic E-state index is 16.4. The highest BCUT2D eigenvalue weighted by atomic mass is 19.1. The molecule has 0 spiro atoms. The number of Topliss-reactive ketones (excluding diaryl/α,β-unsaturated/α-hetero) is 1. The molecule has 0 aromatic carbocycles. The van der Waals surface area contributed by atoms with E-state index < -0.39 is 12.3 Å². The average Bonchev–Trinajstić information content (AvgIpc) is 2.93. The quantitative estimate of drug-likeness (QED) is 0.829. The van der Waals surface area contributed by atoms with Crippen LogP contribution in [0.15, 0.2) is 11.6 Å². The molecule has 0 amide bonds. The van der Waals surface area contributed by atoms with Crippen LogP contribution < -0.4 is 0 Å². The number of hydrogen-bond acceptors (Lipinski definition) is 3. The van der Waals surface area contributed by atoms with Crippen molar-refractivity contribution in [3.63, 3.8) is 0 Å². The van der Waals surface area contributed by atoms with Crippen molar-refractivity contribution in [3.05, 3.63) is 11.6 Å². The summed E-state index contributed by atoms with van der Waals surface area (Å²) in [6.07, 6.45) is 6.50. The maximum Gasteiger partial charge on any atom is 0.161 e. The minimum Gasteiger partial charge on any atom is -0.389 e. The van der Waals surface area contributed by atoms with Crippen molar-refractivity contribution in [2.75, 3.05) is 6.61 Å². The molecule has 138 valence electrons. The summed E-state index contributed by atoms with van der Waals surface area (Å²) >= 11 is 0. The van der Waals surface area contributed by atoms with Crippen molar-refractivity contribution in [2.24, 2.45) is 35.0 Å². The first-order chi connectivity index (χ1) is 11.8.